The van der Waals surface area contributed by atoms with Crippen LogP contribution in [0.2, 0.25) is 0 Å². The predicted molar refractivity (Wildman–Crippen MR) is 60.5 cm³/mol. The number of rotatable bonds is 4. The number of hydrogen-bond donors (Lipinski definition) is 2. The lowest BCUT2D eigenvalue weighted by atomic mass is 10.1. The van der Waals surface area contributed by atoms with Crippen molar-refractivity contribution in [2.45, 2.75) is 25.4 Å². The molecule has 98 valence electrons. The van der Waals surface area contributed by atoms with Crippen molar-refractivity contribution in [3.05, 3.63) is 11.4 Å². The predicted octanol–water partition coefficient (Wildman–Crippen LogP) is -1.03. The molecule has 0 aliphatic carbocycles. The molecule has 2 rings (SSSR count). The first-order valence-corrected chi connectivity index (χ1v) is 5.67. The van der Waals surface area contributed by atoms with Crippen molar-refractivity contribution < 1.29 is 14.3 Å². The molecule has 3 N–H and O–H groups in total. The lowest BCUT2D eigenvalue weighted by Gasteiger charge is -2.12. The molecule has 8 heteroatoms. The third-order valence-corrected chi connectivity index (χ3v) is 2.85. The van der Waals surface area contributed by atoms with Gasteiger partial charge in [0.05, 0.1) is 18.8 Å². The van der Waals surface area contributed by atoms with Gasteiger partial charge < -0.3 is 15.8 Å². The largest absolute Gasteiger partial charge is 0.464 e. The number of aromatic nitrogens is 3. The summed E-state index contributed by atoms with van der Waals surface area (Å²) in [6.45, 7) is 0.755. The molecule has 1 fully saturated rings. The molecule has 1 amide bonds. The molecule has 0 aromatic carbocycles. The zero-order valence-electron chi connectivity index (χ0n) is 10.0. The van der Waals surface area contributed by atoms with Crippen LogP contribution in [0.15, 0.2) is 0 Å². The van der Waals surface area contributed by atoms with Crippen molar-refractivity contribution in [3.8, 4) is 0 Å². The monoisotopic (exact) mass is 253 g/mol. The van der Waals surface area contributed by atoms with Crippen molar-refractivity contribution >= 4 is 11.9 Å². The molecular formula is C10H15N5O3. The molecule has 0 saturated carbocycles. The van der Waals surface area contributed by atoms with E-state index in [4.69, 9.17) is 5.73 Å². The summed E-state index contributed by atoms with van der Waals surface area (Å²) in [6, 6.07) is -0.0477. The number of nitrogens with zero attached hydrogens (tertiary/aromatic N) is 3. The second-order valence-corrected chi connectivity index (χ2v) is 4.09. The second-order valence-electron chi connectivity index (χ2n) is 4.09. The van der Waals surface area contributed by atoms with Crippen molar-refractivity contribution in [2.75, 3.05) is 13.7 Å². The number of methoxy groups -OCH3 is 1. The Kier molecular flexibility index (Phi) is 3.56. The number of carbonyl (C=O) groups is 2. The molecular weight excluding hydrogens is 238 g/mol. The highest BCUT2D eigenvalue weighted by Gasteiger charge is 2.29. The van der Waals surface area contributed by atoms with Gasteiger partial charge in [0.1, 0.15) is 6.54 Å². The van der Waals surface area contributed by atoms with Crippen LogP contribution in [0.4, 0.5) is 0 Å². The SMILES string of the molecule is COC(=O)c1nnn(CC(N)=O)c1C1CCCN1. The number of amides is 1. The quantitative estimate of drug-likeness (QED) is 0.664. The summed E-state index contributed by atoms with van der Waals surface area (Å²) in [5.41, 5.74) is 5.85. The number of primary amides is 1. The normalized spacial score (nSPS) is 18.8. The smallest absolute Gasteiger partial charge is 0.360 e. The molecule has 1 aliphatic rings. The summed E-state index contributed by atoms with van der Waals surface area (Å²) < 4.78 is 6.01. The molecule has 8 nitrogen and oxygen atoms in total. The van der Waals surface area contributed by atoms with Gasteiger partial charge >= 0.3 is 5.97 Å². The third kappa shape index (κ3) is 2.33. The van der Waals surface area contributed by atoms with Crippen LogP contribution in [0.25, 0.3) is 0 Å². The molecule has 1 unspecified atom stereocenters. The Labute approximate surface area is 103 Å². The fourth-order valence-corrected chi connectivity index (χ4v) is 2.09. The first-order valence-electron chi connectivity index (χ1n) is 5.67. The average Bonchev–Trinajstić information content (AvgIpc) is 2.95. The van der Waals surface area contributed by atoms with E-state index >= 15 is 0 Å². The standard InChI is InChI=1S/C10H15N5O3/c1-18-10(17)8-9(6-3-2-4-12-6)15(14-13-8)5-7(11)16/h6,12H,2-5H2,1H3,(H2,11,16). The van der Waals surface area contributed by atoms with Gasteiger partial charge in [-0.25, -0.2) is 9.48 Å². The minimum absolute atomic E-state index is 0.0477. The summed E-state index contributed by atoms with van der Waals surface area (Å²) >= 11 is 0. The van der Waals surface area contributed by atoms with Crippen LogP contribution in [-0.2, 0) is 16.1 Å². The molecule has 1 aromatic rings. The van der Waals surface area contributed by atoms with Crippen molar-refractivity contribution in [1.82, 2.24) is 20.3 Å². The molecule has 0 radical (unpaired) electrons. The van der Waals surface area contributed by atoms with Gasteiger partial charge in [0, 0.05) is 0 Å². The maximum Gasteiger partial charge on any atom is 0.360 e. The Morgan fingerprint density at radius 1 is 1.61 bits per heavy atom. The molecule has 1 saturated heterocycles. The van der Waals surface area contributed by atoms with Gasteiger partial charge in [-0.15, -0.1) is 5.10 Å². The fraction of sp³-hybridized carbons (Fsp3) is 0.600. The van der Waals surface area contributed by atoms with E-state index in [0.717, 1.165) is 19.4 Å². The van der Waals surface area contributed by atoms with E-state index in [1.165, 1.54) is 11.8 Å². The zero-order valence-corrected chi connectivity index (χ0v) is 10.0. The van der Waals surface area contributed by atoms with E-state index in [1.54, 1.807) is 0 Å². The maximum absolute atomic E-state index is 11.6. The Bertz CT molecular complexity index is 464. The Morgan fingerprint density at radius 3 is 2.94 bits per heavy atom. The van der Waals surface area contributed by atoms with Crippen LogP contribution < -0.4 is 11.1 Å². The molecule has 2 heterocycles. The topological polar surface area (TPSA) is 112 Å². The highest BCUT2D eigenvalue weighted by Crippen LogP contribution is 2.25. The van der Waals surface area contributed by atoms with Crippen LogP contribution >= 0.6 is 0 Å². The van der Waals surface area contributed by atoms with Crippen molar-refractivity contribution in [2.24, 2.45) is 5.73 Å². The van der Waals surface area contributed by atoms with Crippen LogP contribution in [0, 0.1) is 0 Å². The lowest BCUT2D eigenvalue weighted by Crippen LogP contribution is -2.25. The lowest BCUT2D eigenvalue weighted by molar-refractivity contribution is -0.118. The summed E-state index contributed by atoms with van der Waals surface area (Å²) in [5, 5.41) is 10.8. The van der Waals surface area contributed by atoms with E-state index in [0.29, 0.717) is 5.69 Å². The highest BCUT2D eigenvalue weighted by molar-refractivity contribution is 5.88. The average molecular weight is 253 g/mol. The molecule has 1 aromatic heterocycles. The zero-order chi connectivity index (χ0) is 13.1. The maximum atomic E-state index is 11.6. The summed E-state index contributed by atoms with van der Waals surface area (Å²) in [5.74, 6) is -1.09. The summed E-state index contributed by atoms with van der Waals surface area (Å²) in [7, 11) is 1.28. The minimum Gasteiger partial charge on any atom is -0.464 e. The van der Waals surface area contributed by atoms with E-state index in [-0.39, 0.29) is 18.3 Å². The Morgan fingerprint density at radius 2 is 2.39 bits per heavy atom. The van der Waals surface area contributed by atoms with Gasteiger partial charge in [-0.05, 0) is 19.4 Å². The van der Waals surface area contributed by atoms with Gasteiger partial charge in [0.15, 0.2) is 5.69 Å². The molecule has 0 spiro atoms. The van der Waals surface area contributed by atoms with Crippen LogP contribution in [-0.4, -0.2) is 40.5 Å². The van der Waals surface area contributed by atoms with Gasteiger partial charge in [-0.2, -0.15) is 0 Å². The highest BCUT2D eigenvalue weighted by atomic mass is 16.5. The van der Waals surface area contributed by atoms with Crippen LogP contribution in [0.3, 0.4) is 0 Å². The van der Waals surface area contributed by atoms with Gasteiger partial charge in [0.25, 0.3) is 0 Å². The van der Waals surface area contributed by atoms with Crippen molar-refractivity contribution in [3.63, 3.8) is 0 Å². The van der Waals surface area contributed by atoms with E-state index < -0.39 is 11.9 Å². The van der Waals surface area contributed by atoms with E-state index in [9.17, 15) is 9.59 Å². The second kappa shape index (κ2) is 5.13. The fourth-order valence-electron chi connectivity index (χ4n) is 2.09. The number of esters is 1. The number of carbonyl (C=O) groups excluding carboxylic acids is 2. The molecule has 1 atom stereocenters. The first kappa shape index (κ1) is 12.5. The molecule has 0 bridgehead atoms. The minimum atomic E-state index is -0.561. The Balaban J connectivity index is 2.38. The van der Waals surface area contributed by atoms with Crippen LogP contribution in [0.1, 0.15) is 35.1 Å². The summed E-state index contributed by atoms with van der Waals surface area (Å²) in [4.78, 5) is 22.6. The molecule has 18 heavy (non-hydrogen) atoms. The number of hydrogen-bond acceptors (Lipinski definition) is 6. The van der Waals surface area contributed by atoms with Gasteiger partial charge in [-0.3, -0.25) is 4.79 Å². The number of nitrogens with one attached hydrogen (secondary N) is 1. The van der Waals surface area contributed by atoms with Crippen LogP contribution in [0.5, 0.6) is 0 Å². The van der Waals surface area contributed by atoms with E-state index in [1.807, 2.05) is 0 Å². The number of nitrogens with two attached hydrogens (primary N) is 1. The van der Waals surface area contributed by atoms with Gasteiger partial charge in [0.2, 0.25) is 5.91 Å². The number of ether oxygens (including phenoxy) is 1. The first-order chi connectivity index (χ1) is 8.63. The molecule has 1 aliphatic heterocycles. The van der Waals surface area contributed by atoms with Crippen molar-refractivity contribution in [1.29, 1.82) is 0 Å². The van der Waals surface area contributed by atoms with Gasteiger partial charge in [-0.1, -0.05) is 5.21 Å². The third-order valence-electron chi connectivity index (χ3n) is 2.85. The summed E-state index contributed by atoms with van der Waals surface area (Å²) in [6.07, 6.45) is 1.85. The Hall–Kier alpha value is -1.96. The van der Waals surface area contributed by atoms with E-state index in [2.05, 4.69) is 20.4 Å².